The summed E-state index contributed by atoms with van der Waals surface area (Å²) in [5, 5.41) is 7.20. The molecule has 10 nitrogen and oxygen atoms in total. The number of fused-ring (bicyclic) bond motifs is 1. The molecule has 1 fully saturated rings. The van der Waals surface area contributed by atoms with E-state index in [2.05, 4.69) is 25.5 Å². The molecule has 2 aliphatic heterocycles. The maximum Gasteiger partial charge on any atom is 0.281 e. The minimum atomic E-state index is -0.351. The van der Waals surface area contributed by atoms with Gasteiger partial charge in [-0.2, -0.15) is 0 Å². The highest BCUT2D eigenvalue weighted by Crippen LogP contribution is 2.31. The highest BCUT2D eigenvalue weighted by atomic mass is 16.5. The van der Waals surface area contributed by atoms with Crippen LogP contribution >= 0.6 is 0 Å². The summed E-state index contributed by atoms with van der Waals surface area (Å²) in [4.78, 5) is 33.1. The van der Waals surface area contributed by atoms with Crippen molar-refractivity contribution < 1.29 is 14.3 Å². The van der Waals surface area contributed by atoms with Crippen LogP contribution in [0.15, 0.2) is 43.0 Å². The molecular formula is C26H28N7O3. The van der Waals surface area contributed by atoms with Crippen LogP contribution in [0.4, 0.5) is 11.5 Å². The second-order valence-corrected chi connectivity index (χ2v) is 8.72. The predicted molar refractivity (Wildman–Crippen MR) is 135 cm³/mol. The SMILES string of the molecule is COCCN1CCC(c2ccc(Nc3nc(-c4cncc(OC)n4)cc4c3C(=O)[N]C=C4)cn2)CC1. The molecule has 0 bridgehead atoms. The number of carbonyl (C=O) groups excluding carboxylic acids is 1. The molecule has 0 aliphatic carbocycles. The Kier molecular flexibility index (Phi) is 7.15. The first-order valence-corrected chi connectivity index (χ1v) is 11.9. The minimum absolute atomic E-state index is 0.351. The highest BCUT2D eigenvalue weighted by molar-refractivity contribution is 6.05. The average molecular weight is 487 g/mol. The Morgan fingerprint density at radius 2 is 1.94 bits per heavy atom. The number of methoxy groups -OCH3 is 2. The summed E-state index contributed by atoms with van der Waals surface area (Å²) in [6.07, 6.45) is 10.3. The van der Waals surface area contributed by atoms with E-state index in [1.165, 1.54) is 19.5 Å². The van der Waals surface area contributed by atoms with Crippen molar-refractivity contribution in [3.05, 3.63) is 59.8 Å². The van der Waals surface area contributed by atoms with E-state index >= 15 is 0 Å². The van der Waals surface area contributed by atoms with Crippen LogP contribution in [0.2, 0.25) is 0 Å². The molecule has 3 aromatic heterocycles. The van der Waals surface area contributed by atoms with Crippen molar-refractivity contribution in [2.45, 2.75) is 18.8 Å². The summed E-state index contributed by atoms with van der Waals surface area (Å²) in [7, 11) is 3.27. The lowest BCUT2D eigenvalue weighted by Crippen LogP contribution is -2.35. The Balaban J connectivity index is 1.37. The number of rotatable bonds is 8. The summed E-state index contributed by atoms with van der Waals surface area (Å²) in [5.74, 6) is 0.860. The van der Waals surface area contributed by atoms with Crippen LogP contribution in [0, 0.1) is 0 Å². The summed E-state index contributed by atoms with van der Waals surface area (Å²) in [5.41, 5.74) is 4.03. The van der Waals surface area contributed by atoms with Gasteiger partial charge in [-0.25, -0.2) is 15.3 Å². The molecule has 2 aliphatic rings. The van der Waals surface area contributed by atoms with E-state index in [0.29, 0.717) is 40.1 Å². The Bertz CT molecular complexity index is 1250. The Labute approximate surface area is 209 Å². The second-order valence-electron chi connectivity index (χ2n) is 8.72. The van der Waals surface area contributed by atoms with Gasteiger partial charge in [0.1, 0.15) is 11.5 Å². The van der Waals surface area contributed by atoms with Crippen LogP contribution in [-0.2, 0) is 4.74 Å². The molecule has 10 heteroatoms. The molecule has 0 unspecified atom stereocenters. The second kappa shape index (κ2) is 10.8. The molecular weight excluding hydrogens is 458 g/mol. The first-order valence-electron chi connectivity index (χ1n) is 11.9. The number of nitrogens with one attached hydrogen (secondary N) is 1. The van der Waals surface area contributed by atoms with Gasteiger partial charge >= 0.3 is 0 Å². The Morgan fingerprint density at radius 3 is 2.69 bits per heavy atom. The van der Waals surface area contributed by atoms with Gasteiger partial charge < -0.3 is 19.7 Å². The molecule has 5 rings (SSSR count). The van der Waals surface area contributed by atoms with Gasteiger partial charge in [-0.15, -0.1) is 0 Å². The van der Waals surface area contributed by atoms with Crippen LogP contribution < -0.4 is 15.4 Å². The van der Waals surface area contributed by atoms with Gasteiger partial charge in [-0.3, -0.25) is 14.8 Å². The van der Waals surface area contributed by atoms with Crippen molar-refractivity contribution in [1.82, 2.24) is 30.2 Å². The zero-order valence-electron chi connectivity index (χ0n) is 20.3. The smallest absolute Gasteiger partial charge is 0.281 e. The number of nitrogens with zero attached hydrogens (tertiary/aromatic N) is 6. The van der Waals surface area contributed by atoms with Crippen LogP contribution in [0.1, 0.15) is 40.4 Å². The number of hydrogen-bond acceptors (Lipinski definition) is 9. The quantitative estimate of drug-likeness (QED) is 0.512. The molecule has 1 saturated heterocycles. The Morgan fingerprint density at radius 1 is 1.08 bits per heavy atom. The van der Waals surface area contributed by atoms with Crippen molar-refractivity contribution in [3.8, 4) is 17.3 Å². The normalized spacial score (nSPS) is 15.9. The van der Waals surface area contributed by atoms with Crippen LogP contribution in [0.3, 0.4) is 0 Å². The van der Waals surface area contributed by atoms with Gasteiger partial charge in [0.05, 0.1) is 49.3 Å². The van der Waals surface area contributed by atoms with Gasteiger partial charge in [-0.05, 0) is 55.8 Å². The first kappa shape index (κ1) is 23.8. The zero-order chi connectivity index (χ0) is 24.9. The summed E-state index contributed by atoms with van der Waals surface area (Å²) in [6.45, 7) is 3.82. The van der Waals surface area contributed by atoms with Crippen LogP contribution in [0.25, 0.3) is 17.5 Å². The van der Waals surface area contributed by atoms with Crippen molar-refractivity contribution in [1.29, 1.82) is 0 Å². The topological polar surface area (TPSA) is 116 Å². The molecule has 36 heavy (non-hydrogen) atoms. The number of anilines is 2. The van der Waals surface area contributed by atoms with Crippen molar-refractivity contribution >= 4 is 23.5 Å². The number of carbonyl (C=O) groups is 1. The summed E-state index contributed by atoms with van der Waals surface area (Å²) >= 11 is 0. The third kappa shape index (κ3) is 5.19. The number of amides is 1. The van der Waals surface area contributed by atoms with E-state index in [1.807, 2.05) is 12.1 Å². The van der Waals surface area contributed by atoms with E-state index in [1.54, 1.807) is 31.6 Å². The molecule has 0 spiro atoms. The van der Waals surface area contributed by atoms with Crippen molar-refractivity contribution in [3.63, 3.8) is 0 Å². The van der Waals surface area contributed by atoms with E-state index in [0.717, 1.165) is 50.5 Å². The molecule has 0 atom stereocenters. The first-order chi connectivity index (χ1) is 17.6. The third-order valence-corrected chi connectivity index (χ3v) is 6.46. The maximum absolute atomic E-state index is 12.6. The standard InChI is InChI=1S/C26H28N7O3/c1-35-12-11-33-9-6-17(7-10-33)20-4-3-19(14-29-20)30-25-24-18(5-8-28-26(24)34)13-21(32-25)22-15-27-16-23(31-22)36-2/h3-5,8,13-17H,6-7,9-12H2,1-2H3,(H,30,32). The largest absolute Gasteiger partial charge is 0.480 e. The lowest BCUT2D eigenvalue weighted by atomic mass is 9.93. The Hall–Kier alpha value is -3.89. The number of pyridine rings is 2. The number of piperidine rings is 1. The third-order valence-electron chi connectivity index (χ3n) is 6.46. The lowest BCUT2D eigenvalue weighted by Gasteiger charge is -2.31. The fourth-order valence-corrected chi connectivity index (χ4v) is 4.49. The van der Waals surface area contributed by atoms with Gasteiger partial charge in [0, 0.05) is 31.5 Å². The number of aromatic nitrogens is 4. The van der Waals surface area contributed by atoms with Crippen molar-refractivity contribution in [2.24, 2.45) is 0 Å². The number of ether oxygens (including phenoxy) is 2. The maximum atomic E-state index is 12.6. The van der Waals surface area contributed by atoms with Crippen molar-refractivity contribution in [2.75, 3.05) is 45.8 Å². The molecule has 5 heterocycles. The van der Waals surface area contributed by atoms with Gasteiger partial charge in [0.15, 0.2) is 0 Å². The minimum Gasteiger partial charge on any atom is -0.480 e. The molecule has 0 aromatic carbocycles. The fourth-order valence-electron chi connectivity index (χ4n) is 4.49. The molecule has 1 radical (unpaired) electrons. The molecule has 185 valence electrons. The molecule has 0 saturated carbocycles. The predicted octanol–water partition coefficient (Wildman–Crippen LogP) is 3.24. The van der Waals surface area contributed by atoms with Gasteiger partial charge in [0.2, 0.25) is 5.88 Å². The lowest BCUT2D eigenvalue weighted by molar-refractivity contribution is 0.0965. The average Bonchev–Trinajstić information content (AvgIpc) is 2.92. The summed E-state index contributed by atoms with van der Waals surface area (Å²) in [6, 6.07) is 5.83. The van der Waals surface area contributed by atoms with Gasteiger partial charge in [-0.1, -0.05) is 0 Å². The van der Waals surface area contributed by atoms with Crippen LogP contribution in [-0.4, -0.2) is 71.2 Å². The van der Waals surface area contributed by atoms with E-state index in [9.17, 15) is 4.79 Å². The van der Waals surface area contributed by atoms with E-state index < -0.39 is 0 Å². The molecule has 3 aromatic rings. The van der Waals surface area contributed by atoms with Gasteiger partial charge in [0.25, 0.3) is 5.91 Å². The number of likely N-dealkylation sites (tertiary alicyclic amines) is 1. The fraction of sp³-hybridized carbons (Fsp3) is 0.346. The molecule has 1 amide bonds. The van der Waals surface area contributed by atoms with Crippen LogP contribution in [0.5, 0.6) is 5.88 Å². The molecule has 1 N–H and O–H groups in total. The summed E-state index contributed by atoms with van der Waals surface area (Å²) < 4.78 is 10.4. The zero-order valence-corrected chi connectivity index (χ0v) is 20.3. The number of hydrogen-bond donors (Lipinski definition) is 1. The monoisotopic (exact) mass is 486 g/mol. The van der Waals surface area contributed by atoms with E-state index in [-0.39, 0.29) is 5.91 Å². The van der Waals surface area contributed by atoms with E-state index in [4.69, 9.17) is 19.4 Å². The highest BCUT2D eigenvalue weighted by Gasteiger charge is 2.24.